The van der Waals surface area contributed by atoms with Crippen LogP contribution in [0.15, 0.2) is 33.5 Å². The summed E-state index contributed by atoms with van der Waals surface area (Å²) in [5.74, 6) is -0.124. The first kappa shape index (κ1) is 26.2. The highest BCUT2D eigenvalue weighted by Crippen LogP contribution is 2.29. The zero-order valence-corrected chi connectivity index (χ0v) is 21.4. The standard InChI is InChI=1S/C28H39N5O3.H2/c1-2-16-33-17-14-28(20-29,15-18-33)32-26(34)23(19-21-10-6-4-3-5-7-11-21)30-25-22-12-8-9-13-24(22)36-27(35)31-25;/h8-9,12-13,21,23H,2-7,10-11,14-19H2,1H3,(H,32,34)(H,30,31,35);1H. The Labute approximate surface area is 214 Å². The Morgan fingerprint density at radius 1 is 1.22 bits per heavy atom. The van der Waals surface area contributed by atoms with E-state index in [-0.39, 0.29) is 7.33 Å². The fraction of sp³-hybridized carbons (Fsp3) is 0.643. The number of carbonyl (C=O) groups excluding carboxylic acids is 1. The van der Waals surface area contributed by atoms with Gasteiger partial charge in [0.15, 0.2) is 0 Å². The largest absolute Gasteiger partial charge is 0.441 e. The van der Waals surface area contributed by atoms with Crippen LogP contribution in [0.25, 0.3) is 11.0 Å². The number of piperidine rings is 1. The van der Waals surface area contributed by atoms with Gasteiger partial charge in [0.2, 0.25) is 5.91 Å². The van der Waals surface area contributed by atoms with E-state index >= 15 is 0 Å². The number of fused-ring (bicyclic) bond motifs is 1. The Balaban J connectivity index is 0.00000380. The molecule has 2 aliphatic rings. The van der Waals surface area contributed by atoms with Gasteiger partial charge in [-0.3, -0.25) is 4.79 Å². The van der Waals surface area contributed by atoms with Crippen LogP contribution in [0.2, 0.25) is 0 Å². The maximum atomic E-state index is 13.8. The van der Waals surface area contributed by atoms with Crippen LogP contribution in [0.4, 0.5) is 5.82 Å². The lowest BCUT2D eigenvalue weighted by molar-refractivity contribution is -0.124. The molecule has 2 N–H and O–H groups in total. The summed E-state index contributed by atoms with van der Waals surface area (Å²) in [5.41, 5.74) is -0.435. The lowest BCUT2D eigenvalue weighted by atomic mass is 9.85. The highest BCUT2D eigenvalue weighted by atomic mass is 16.4. The first-order chi connectivity index (χ1) is 17.5. The molecule has 8 nitrogen and oxygen atoms in total. The molecule has 1 aromatic carbocycles. The first-order valence-electron chi connectivity index (χ1n) is 13.6. The highest BCUT2D eigenvalue weighted by Gasteiger charge is 2.38. The summed E-state index contributed by atoms with van der Waals surface area (Å²) in [7, 11) is 0. The van der Waals surface area contributed by atoms with E-state index in [4.69, 9.17) is 4.42 Å². The first-order valence-corrected chi connectivity index (χ1v) is 13.6. The third-order valence-electron chi connectivity index (χ3n) is 7.79. The maximum Gasteiger partial charge on any atom is 0.441 e. The third kappa shape index (κ3) is 6.64. The second kappa shape index (κ2) is 12.4. The Kier molecular flexibility index (Phi) is 8.98. The van der Waals surface area contributed by atoms with Gasteiger partial charge in [0, 0.05) is 14.5 Å². The van der Waals surface area contributed by atoms with Crippen molar-refractivity contribution >= 4 is 22.7 Å². The molecule has 1 saturated heterocycles. The molecule has 0 bridgehead atoms. The number of aromatic nitrogens is 1. The molecule has 0 radical (unpaired) electrons. The van der Waals surface area contributed by atoms with E-state index in [0.29, 0.717) is 42.0 Å². The third-order valence-corrected chi connectivity index (χ3v) is 7.79. The van der Waals surface area contributed by atoms with Crippen molar-refractivity contribution in [3.05, 3.63) is 34.8 Å². The van der Waals surface area contributed by atoms with Crippen LogP contribution in [0, 0.1) is 17.2 Å². The molecule has 196 valence electrons. The van der Waals surface area contributed by atoms with E-state index < -0.39 is 17.3 Å². The lowest BCUT2D eigenvalue weighted by Crippen LogP contribution is -2.57. The summed E-state index contributed by atoms with van der Waals surface area (Å²) in [5, 5.41) is 17.2. The van der Waals surface area contributed by atoms with Crippen molar-refractivity contribution in [3.8, 4) is 6.07 Å². The summed E-state index contributed by atoms with van der Waals surface area (Å²) in [6.07, 6.45) is 11.2. The number of anilines is 1. The number of nitrogens with zero attached hydrogens (tertiary/aromatic N) is 3. The molecule has 8 heteroatoms. The van der Waals surface area contributed by atoms with Gasteiger partial charge in [0.1, 0.15) is 23.0 Å². The number of likely N-dealkylation sites (tertiary alicyclic amines) is 1. The minimum absolute atomic E-state index is 0. The molecule has 1 atom stereocenters. The second-order valence-corrected chi connectivity index (χ2v) is 10.5. The van der Waals surface area contributed by atoms with Gasteiger partial charge in [-0.25, -0.2) is 4.79 Å². The molecule has 1 aromatic heterocycles. The zero-order valence-electron chi connectivity index (χ0n) is 21.4. The minimum atomic E-state index is -0.868. The molecule has 2 aromatic rings. The molecule has 1 unspecified atom stereocenters. The molecule has 2 fully saturated rings. The molecule has 2 heterocycles. The van der Waals surface area contributed by atoms with E-state index in [1.165, 1.54) is 32.1 Å². The van der Waals surface area contributed by atoms with Crippen LogP contribution in [-0.4, -0.2) is 47.0 Å². The molecule has 1 aliphatic carbocycles. The van der Waals surface area contributed by atoms with Gasteiger partial charge in [-0.05, 0) is 50.3 Å². The summed E-state index contributed by atoms with van der Waals surface area (Å²) in [4.78, 5) is 32.4. The van der Waals surface area contributed by atoms with Crippen molar-refractivity contribution in [1.82, 2.24) is 15.2 Å². The summed E-state index contributed by atoms with van der Waals surface area (Å²) in [6.45, 7) is 4.76. The Morgan fingerprint density at radius 2 is 1.92 bits per heavy atom. The number of hydrogen-bond acceptors (Lipinski definition) is 7. The number of hydrogen-bond donors (Lipinski definition) is 2. The van der Waals surface area contributed by atoms with Crippen LogP contribution < -0.4 is 16.4 Å². The van der Waals surface area contributed by atoms with E-state index in [1.807, 2.05) is 12.1 Å². The highest BCUT2D eigenvalue weighted by molar-refractivity contribution is 5.91. The van der Waals surface area contributed by atoms with Gasteiger partial charge in [0.25, 0.3) is 0 Å². The predicted molar refractivity (Wildman–Crippen MR) is 143 cm³/mol. The van der Waals surface area contributed by atoms with E-state index in [1.54, 1.807) is 12.1 Å². The summed E-state index contributed by atoms with van der Waals surface area (Å²) < 4.78 is 5.25. The number of nitriles is 1. The van der Waals surface area contributed by atoms with Crippen molar-refractivity contribution in [2.75, 3.05) is 25.0 Å². The van der Waals surface area contributed by atoms with Gasteiger partial charge in [0.05, 0.1) is 11.5 Å². The average Bonchev–Trinajstić information content (AvgIpc) is 2.86. The Bertz CT molecular complexity index is 1110. The SMILES string of the molecule is CCCN1CCC(C#N)(NC(=O)C(CC2CCCCCCC2)Nc2nc(=O)oc3ccccc23)CC1.[HH]. The number of carbonyl (C=O) groups is 1. The zero-order chi connectivity index (χ0) is 25.4. The topological polar surface area (TPSA) is 111 Å². The number of nitrogens with one attached hydrogen (secondary N) is 2. The fourth-order valence-corrected chi connectivity index (χ4v) is 5.70. The monoisotopic (exact) mass is 495 g/mol. The smallest absolute Gasteiger partial charge is 0.408 e. The van der Waals surface area contributed by atoms with Crippen LogP contribution in [-0.2, 0) is 4.79 Å². The minimum Gasteiger partial charge on any atom is -0.408 e. The lowest BCUT2D eigenvalue weighted by Gasteiger charge is -2.38. The molecule has 1 aliphatic heterocycles. The molecule has 36 heavy (non-hydrogen) atoms. The van der Waals surface area contributed by atoms with Crippen LogP contribution in [0.5, 0.6) is 0 Å². The van der Waals surface area contributed by atoms with E-state index in [0.717, 1.165) is 38.9 Å². The van der Waals surface area contributed by atoms with Gasteiger partial charge in [-0.2, -0.15) is 10.2 Å². The molecular formula is C28H41N5O3. The van der Waals surface area contributed by atoms with Crippen molar-refractivity contribution in [2.45, 2.75) is 89.1 Å². The normalized spacial score (nSPS) is 20.1. The van der Waals surface area contributed by atoms with E-state index in [2.05, 4.69) is 33.5 Å². The van der Waals surface area contributed by atoms with Crippen molar-refractivity contribution < 1.29 is 10.6 Å². The van der Waals surface area contributed by atoms with Crippen molar-refractivity contribution in [1.29, 1.82) is 5.26 Å². The molecular weight excluding hydrogens is 454 g/mol. The van der Waals surface area contributed by atoms with Gasteiger partial charge in [-0.15, -0.1) is 0 Å². The van der Waals surface area contributed by atoms with Gasteiger partial charge >= 0.3 is 5.76 Å². The maximum absolute atomic E-state index is 13.8. The predicted octanol–water partition coefficient (Wildman–Crippen LogP) is 4.85. The fourth-order valence-electron chi connectivity index (χ4n) is 5.70. The number of benzene rings is 1. The second-order valence-electron chi connectivity index (χ2n) is 10.5. The quantitative estimate of drug-likeness (QED) is 0.538. The molecule has 1 amide bonds. The van der Waals surface area contributed by atoms with Crippen molar-refractivity contribution in [2.24, 2.45) is 5.92 Å². The van der Waals surface area contributed by atoms with Crippen LogP contribution in [0.1, 0.15) is 79.0 Å². The molecule has 0 spiro atoms. The number of rotatable bonds is 8. The van der Waals surface area contributed by atoms with Crippen molar-refractivity contribution in [3.63, 3.8) is 0 Å². The summed E-state index contributed by atoms with van der Waals surface area (Å²) >= 11 is 0. The van der Waals surface area contributed by atoms with Crippen LogP contribution in [0.3, 0.4) is 0 Å². The summed E-state index contributed by atoms with van der Waals surface area (Å²) in [6, 6.07) is 9.04. The number of amides is 1. The van der Waals surface area contributed by atoms with Gasteiger partial charge < -0.3 is 20.0 Å². The Morgan fingerprint density at radius 3 is 2.61 bits per heavy atom. The van der Waals surface area contributed by atoms with Crippen LogP contribution >= 0.6 is 0 Å². The Hall–Kier alpha value is -2.92. The number of para-hydroxylation sites is 1. The average molecular weight is 496 g/mol. The van der Waals surface area contributed by atoms with E-state index in [9.17, 15) is 14.9 Å². The molecule has 1 saturated carbocycles. The van der Waals surface area contributed by atoms with Gasteiger partial charge in [-0.1, -0.05) is 64.0 Å². The molecule has 4 rings (SSSR count).